The van der Waals surface area contributed by atoms with Gasteiger partial charge in [0.25, 0.3) is 5.78 Å². The summed E-state index contributed by atoms with van der Waals surface area (Å²) in [4.78, 5) is 10.9. The minimum Gasteiger partial charge on any atom is -0.284 e. The van der Waals surface area contributed by atoms with Crippen molar-refractivity contribution in [3.05, 3.63) is 17.0 Å². The molecule has 78 valence electrons. The second-order valence-electron chi connectivity index (χ2n) is 3.00. The third-order valence-electron chi connectivity index (χ3n) is 1.99. The topological polar surface area (TPSA) is 34.9 Å². The number of aromatic nitrogens is 2. The SMILES string of the molecule is Cc1nn(C)c(C)c1C(=O)C(F)(F)F. The number of carbonyl (C=O) groups excluding carboxylic acids is 1. The van der Waals surface area contributed by atoms with Gasteiger partial charge < -0.3 is 0 Å². The smallest absolute Gasteiger partial charge is 0.284 e. The Labute approximate surface area is 78.5 Å². The quantitative estimate of drug-likeness (QED) is 0.656. The molecule has 0 aliphatic heterocycles. The van der Waals surface area contributed by atoms with Crippen LogP contribution in [0.25, 0.3) is 0 Å². The highest BCUT2D eigenvalue weighted by molar-refractivity contribution is 6.02. The first-order chi connectivity index (χ1) is 6.25. The van der Waals surface area contributed by atoms with Crippen molar-refractivity contribution in [3.63, 3.8) is 0 Å². The standard InChI is InChI=1S/C8H9F3N2O/c1-4-6(5(2)13(3)12-4)7(14)8(9,10)11/h1-3H3. The molecule has 0 radical (unpaired) electrons. The molecule has 3 nitrogen and oxygen atoms in total. The van der Waals surface area contributed by atoms with E-state index in [1.807, 2.05) is 0 Å². The van der Waals surface area contributed by atoms with Crippen molar-refractivity contribution in [2.75, 3.05) is 0 Å². The number of carbonyl (C=O) groups is 1. The van der Waals surface area contributed by atoms with Crippen LogP contribution in [0.1, 0.15) is 21.7 Å². The molecule has 0 saturated carbocycles. The fourth-order valence-electron chi connectivity index (χ4n) is 1.24. The summed E-state index contributed by atoms with van der Waals surface area (Å²) >= 11 is 0. The van der Waals surface area contributed by atoms with E-state index in [1.165, 1.54) is 25.6 Å². The molecule has 1 aromatic rings. The van der Waals surface area contributed by atoms with E-state index in [9.17, 15) is 18.0 Å². The number of nitrogens with zero attached hydrogens (tertiary/aromatic N) is 2. The van der Waals surface area contributed by atoms with Crippen LogP contribution in [0.5, 0.6) is 0 Å². The molecule has 1 rings (SSSR count). The van der Waals surface area contributed by atoms with Crippen molar-refractivity contribution in [2.45, 2.75) is 20.0 Å². The Morgan fingerprint density at radius 2 is 1.86 bits per heavy atom. The lowest BCUT2D eigenvalue weighted by Gasteiger charge is -2.04. The Bertz CT molecular complexity index is 379. The number of halogens is 3. The molecule has 0 aliphatic carbocycles. The summed E-state index contributed by atoms with van der Waals surface area (Å²) in [5, 5.41) is 3.74. The van der Waals surface area contributed by atoms with Gasteiger partial charge in [-0.1, -0.05) is 0 Å². The van der Waals surface area contributed by atoms with Crippen LogP contribution in [-0.4, -0.2) is 21.7 Å². The van der Waals surface area contributed by atoms with Crippen LogP contribution in [0.4, 0.5) is 13.2 Å². The molecule has 0 fully saturated rings. The average Bonchev–Trinajstić information content (AvgIpc) is 2.24. The van der Waals surface area contributed by atoms with E-state index in [4.69, 9.17) is 0 Å². The summed E-state index contributed by atoms with van der Waals surface area (Å²) < 4.78 is 37.6. The number of rotatable bonds is 1. The molecule has 0 amide bonds. The van der Waals surface area contributed by atoms with E-state index in [2.05, 4.69) is 5.10 Å². The molecular weight excluding hydrogens is 197 g/mol. The molecule has 1 heterocycles. The largest absolute Gasteiger partial charge is 0.455 e. The summed E-state index contributed by atoms with van der Waals surface area (Å²) in [5.74, 6) is -1.83. The van der Waals surface area contributed by atoms with Crippen molar-refractivity contribution >= 4 is 5.78 Å². The van der Waals surface area contributed by atoms with E-state index in [1.54, 1.807) is 0 Å². The first-order valence-corrected chi connectivity index (χ1v) is 3.87. The number of Topliss-reactive ketones (excluding diaryl/α,β-unsaturated/α-hetero) is 1. The Kier molecular flexibility index (Phi) is 2.39. The lowest BCUT2D eigenvalue weighted by Crippen LogP contribution is -2.24. The maximum atomic E-state index is 12.1. The van der Waals surface area contributed by atoms with Crippen LogP contribution >= 0.6 is 0 Å². The molecule has 0 unspecified atom stereocenters. The molecule has 14 heavy (non-hydrogen) atoms. The zero-order valence-corrected chi connectivity index (χ0v) is 7.94. The van der Waals surface area contributed by atoms with E-state index < -0.39 is 12.0 Å². The summed E-state index contributed by atoms with van der Waals surface area (Å²) in [7, 11) is 1.50. The van der Waals surface area contributed by atoms with Gasteiger partial charge in [0.2, 0.25) is 0 Å². The minimum absolute atomic E-state index is 0.104. The molecule has 0 spiro atoms. The van der Waals surface area contributed by atoms with Gasteiger partial charge in [-0.3, -0.25) is 9.48 Å². The number of hydrogen-bond acceptors (Lipinski definition) is 2. The molecule has 0 aromatic carbocycles. The van der Waals surface area contributed by atoms with Crippen molar-refractivity contribution in [3.8, 4) is 0 Å². The number of aryl methyl sites for hydroxylation is 2. The van der Waals surface area contributed by atoms with Crippen LogP contribution < -0.4 is 0 Å². The van der Waals surface area contributed by atoms with Gasteiger partial charge in [-0.25, -0.2) is 0 Å². The predicted molar refractivity (Wildman–Crippen MR) is 43.1 cm³/mol. The zero-order chi connectivity index (χ0) is 11.1. The van der Waals surface area contributed by atoms with Crippen molar-refractivity contribution in [2.24, 2.45) is 7.05 Å². The highest BCUT2D eigenvalue weighted by Crippen LogP contribution is 2.24. The second kappa shape index (κ2) is 3.11. The van der Waals surface area contributed by atoms with Crippen LogP contribution in [0, 0.1) is 13.8 Å². The third-order valence-corrected chi connectivity index (χ3v) is 1.99. The number of alkyl halides is 3. The Morgan fingerprint density at radius 3 is 2.14 bits per heavy atom. The summed E-state index contributed by atoms with van der Waals surface area (Å²) in [5.41, 5.74) is -0.0165. The second-order valence-corrected chi connectivity index (χ2v) is 3.00. The van der Waals surface area contributed by atoms with E-state index in [0.717, 1.165) is 0 Å². The highest BCUT2D eigenvalue weighted by atomic mass is 19.4. The predicted octanol–water partition coefficient (Wildman–Crippen LogP) is 1.78. The molecule has 0 bridgehead atoms. The minimum atomic E-state index is -4.83. The zero-order valence-electron chi connectivity index (χ0n) is 7.94. The average molecular weight is 206 g/mol. The van der Waals surface area contributed by atoms with Crippen LogP contribution in [0.2, 0.25) is 0 Å². The van der Waals surface area contributed by atoms with Crippen molar-refractivity contribution < 1.29 is 18.0 Å². The summed E-state index contributed by atoms with van der Waals surface area (Å²) in [6.45, 7) is 2.81. The molecule has 0 atom stereocenters. The first kappa shape index (κ1) is 10.7. The van der Waals surface area contributed by atoms with Gasteiger partial charge in [0, 0.05) is 12.7 Å². The number of ketones is 1. The maximum absolute atomic E-state index is 12.1. The highest BCUT2D eigenvalue weighted by Gasteiger charge is 2.41. The fraction of sp³-hybridized carbons (Fsp3) is 0.500. The van der Waals surface area contributed by atoms with Crippen LogP contribution in [0.15, 0.2) is 0 Å². The van der Waals surface area contributed by atoms with Gasteiger partial charge in [0.1, 0.15) is 0 Å². The lowest BCUT2D eigenvalue weighted by atomic mass is 10.1. The van der Waals surface area contributed by atoms with Gasteiger partial charge in [-0.05, 0) is 13.8 Å². The van der Waals surface area contributed by atoms with E-state index in [-0.39, 0.29) is 17.0 Å². The lowest BCUT2D eigenvalue weighted by molar-refractivity contribution is -0.0886. The Balaban J connectivity index is 3.27. The van der Waals surface area contributed by atoms with Crippen LogP contribution in [-0.2, 0) is 7.05 Å². The molecule has 0 N–H and O–H groups in total. The van der Waals surface area contributed by atoms with Gasteiger partial charge in [0.15, 0.2) is 0 Å². The van der Waals surface area contributed by atoms with Gasteiger partial charge in [-0.2, -0.15) is 18.3 Å². The van der Waals surface area contributed by atoms with E-state index >= 15 is 0 Å². The summed E-state index contributed by atoms with van der Waals surface area (Å²) in [6.07, 6.45) is -4.83. The van der Waals surface area contributed by atoms with Crippen molar-refractivity contribution in [1.29, 1.82) is 0 Å². The van der Waals surface area contributed by atoms with Gasteiger partial charge in [0.05, 0.1) is 11.3 Å². The summed E-state index contributed by atoms with van der Waals surface area (Å²) in [6, 6.07) is 0. The van der Waals surface area contributed by atoms with Gasteiger partial charge >= 0.3 is 6.18 Å². The van der Waals surface area contributed by atoms with Crippen molar-refractivity contribution in [1.82, 2.24) is 9.78 Å². The molecular formula is C8H9F3N2O. The Hall–Kier alpha value is -1.33. The molecule has 0 saturated heterocycles. The third kappa shape index (κ3) is 1.64. The number of hydrogen-bond donors (Lipinski definition) is 0. The monoisotopic (exact) mass is 206 g/mol. The normalized spacial score (nSPS) is 11.9. The molecule has 1 aromatic heterocycles. The fourth-order valence-corrected chi connectivity index (χ4v) is 1.24. The molecule has 6 heteroatoms. The molecule has 0 aliphatic rings. The maximum Gasteiger partial charge on any atom is 0.455 e. The van der Waals surface area contributed by atoms with E-state index in [0.29, 0.717) is 0 Å². The first-order valence-electron chi connectivity index (χ1n) is 3.87. The Morgan fingerprint density at radius 1 is 1.36 bits per heavy atom. The van der Waals surface area contributed by atoms with Crippen LogP contribution in [0.3, 0.4) is 0 Å². The van der Waals surface area contributed by atoms with Gasteiger partial charge in [-0.15, -0.1) is 0 Å².